The second-order valence-electron chi connectivity index (χ2n) is 8.28. The number of benzene rings is 1. The molecule has 0 saturated carbocycles. The topological polar surface area (TPSA) is 70.2 Å². The van der Waals surface area contributed by atoms with Crippen molar-refractivity contribution >= 4 is 52.1 Å². The van der Waals surface area contributed by atoms with Crippen molar-refractivity contribution in [3.63, 3.8) is 0 Å². The lowest BCUT2D eigenvalue weighted by molar-refractivity contribution is -0.119. The number of thiocarbonyl (C=S) groups is 1. The van der Waals surface area contributed by atoms with E-state index in [-0.39, 0.29) is 16.9 Å². The van der Waals surface area contributed by atoms with Crippen LogP contribution in [0.5, 0.6) is 0 Å². The van der Waals surface area contributed by atoms with E-state index in [0.717, 1.165) is 19.3 Å². The smallest absolute Gasteiger partial charge is 0.226 e. The van der Waals surface area contributed by atoms with Gasteiger partial charge in [0.1, 0.15) is 0 Å². The Morgan fingerprint density at radius 3 is 1.97 bits per heavy atom. The maximum atomic E-state index is 12.1. The van der Waals surface area contributed by atoms with Crippen molar-refractivity contribution in [1.82, 2.24) is 5.32 Å². The predicted octanol–water partition coefficient (Wildman–Crippen LogP) is 7.59. The minimum Gasteiger partial charge on any atom is -0.331 e. The highest BCUT2D eigenvalue weighted by molar-refractivity contribution is 7.80. The maximum absolute atomic E-state index is 12.1. The number of nitrogens with one attached hydrogen (secondary N) is 3. The zero-order chi connectivity index (χ0) is 23.6. The highest BCUT2D eigenvalue weighted by Crippen LogP contribution is 2.25. The lowest BCUT2D eigenvalue weighted by Crippen LogP contribution is -2.34. The van der Waals surface area contributed by atoms with Crippen LogP contribution < -0.4 is 16.0 Å². The summed E-state index contributed by atoms with van der Waals surface area (Å²) >= 11 is 11.5. The standard InChI is InChI=1S/C25H40ClN3O2S/c1-3-5-6-7-8-9-10-11-12-13-14-16-24(31)29-25(32)28-22-19-20(17-18-21(22)26)27-23(30)15-4-2/h17-19H,3-16H2,1-2H3,(H,27,30)(H2,28,29,31,32). The first-order chi connectivity index (χ1) is 15.5. The first-order valence-electron chi connectivity index (χ1n) is 12.2. The van der Waals surface area contributed by atoms with Crippen LogP contribution in [-0.2, 0) is 9.59 Å². The minimum atomic E-state index is -0.0954. The van der Waals surface area contributed by atoms with E-state index in [0.29, 0.717) is 29.2 Å². The Balaban J connectivity index is 2.21. The van der Waals surface area contributed by atoms with Crippen LogP contribution in [0.25, 0.3) is 0 Å². The van der Waals surface area contributed by atoms with Crippen LogP contribution in [0, 0.1) is 0 Å². The molecule has 0 unspecified atom stereocenters. The van der Waals surface area contributed by atoms with E-state index in [1.165, 1.54) is 57.8 Å². The molecule has 0 bridgehead atoms. The molecular formula is C25H40ClN3O2S. The summed E-state index contributed by atoms with van der Waals surface area (Å²) in [5, 5.41) is 9.14. The third-order valence-electron chi connectivity index (χ3n) is 5.24. The van der Waals surface area contributed by atoms with Crippen molar-refractivity contribution in [2.24, 2.45) is 0 Å². The zero-order valence-corrected chi connectivity index (χ0v) is 21.3. The van der Waals surface area contributed by atoms with E-state index in [1.807, 2.05) is 6.92 Å². The molecule has 7 heteroatoms. The van der Waals surface area contributed by atoms with Gasteiger partial charge in [-0.2, -0.15) is 0 Å². The highest BCUT2D eigenvalue weighted by atomic mass is 35.5. The van der Waals surface area contributed by atoms with Gasteiger partial charge in [-0.3, -0.25) is 9.59 Å². The lowest BCUT2D eigenvalue weighted by atomic mass is 10.1. The molecule has 0 aliphatic carbocycles. The third-order valence-corrected chi connectivity index (χ3v) is 5.77. The Hall–Kier alpha value is -1.66. The molecule has 0 radical (unpaired) electrons. The first kappa shape index (κ1) is 28.4. The number of rotatable bonds is 16. The van der Waals surface area contributed by atoms with Crippen molar-refractivity contribution in [3.8, 4) is 0 Å². The molecule has 0 fully saturated rings. The van der Waals surface area contributed by atoms with Gasteiger partial charge < -0.3 is 16.0 Å². The van der Waals surface area contributed by atoms with E-state index in [9.17, 15) is 9.59 Å². The largest absolute Gasteiger partial charge is 0.331 e. The number of hydrogen-bond acceptors (Lipinski definition) is 3. The number of unbranched alkanes of at least 4 members (excludes halogenated alkanes) is 10. The quantitative estimate of drug-likeness (QED) is 0.168. The van der Waals surface area contributed by atoms with E-state index in [4.69, 9.17) is 23.8 Å². The Morgan fingerprint density at radius 2 is 1.38 bits per heavy atom. The molecule has 0 spiro atoms. The molecule has 3 N–H and O–H groups in total. The van der Waals surface area contributed by atoms with Crippen molar-refractivity contribution in [2.75, 3.05) is 10.6 Å². The van der Waals surface area contributed by atoms with E-state index < -0.39 is 0 Å². The van der Waals surface area contributed by atoms with Gasteiger partial charge in [0.25, 0.3) is 0 Å². The van der Waals surface area contributed by atoms with Gasteiger partial charge in [0.15, 0.2) is 5.11 Å². The molecule has 1 rings (SSSR count). The summed E-state index contributed by atoms with van der Waals surface area (Å²) in [6.07, 6.45) is 15.4. The van der Waals surface area contributed by atoms with Crippen LogP contribution in [0.3, 0.4) is 0 Å². The summed E-state index contributed by atoms with van der Waals surface area (Å²) < 4.78 is 0. The molecule has 0 aliphatic heterocycles. The molecule has 0 aliphatic rings. The fourth-order valence-electron chi connectivity index (χ4n) is 3.44. The van der Waals surface area contributed by atoms with Gasteiger partial charge in [0, 0.05) is 18.5 Å². The second kappa shape index (κ2) is 17.8. The molecule has 0 heterocycles. The first-order valence-corrected chi connectivity index (χ1v) is 12.9. The summed E-state index contributed by atoms with van der Waals surface area (Å²) in [6, 6.07) is 5.12. The van der Waals surface area contributed by atoms with Gasteiger partial charge in [0.05, 0.1) is 10.7 Å². The number of anilines is 2. The molecule has 32 heavy (non-hydrogen) atoms. The zero-order valence-electron chi connectivity index (χ0n) is 19.7. The van der Waals surface area contributed by atoms with E-state index >= 15 is 0 Å². The van der Waals surface area contributed by atoms with Crippen LogP contribution >= 0.6 is 23.8 Å². The molecule has 5 nitrogen and oxygen atoms in total. The third kappa shape index (κ3) is 13.7. The van der Waals surface area contributed by atoms with Crippen LogP contribution in [0.1, 0.15) is 104 Å². The molecular weight excluding hydrogens is 442 g/mol. The molecule has 0 atom stereocenters. The number of halogens is 1. The van der Waals surface area contributed by atoms with Gasteiger partial charge >= 0.3 is 0 Å². The van der Waals surface area contributed by atoms with Crippen LogP contribution in [-0.4, -0.2) is 16.9 Å². The summed E-state index contributed by atoms with van der Waals surface area (Å²) in [5.74, 6) is -0.148. The molecule has 1 aromatic rings. The van der Waals surface area contributed by atoms with Crippen molar-refractivity contribution in [2.45, 2.75) is 104 Å². The van der Waals surface area contributed by atoms with E-state index in [2.05, 4.69) is 22.9 Å². The van der Waals surface area contributed by atoms with E-state index in [1.54, 1.807) is 18.2 Å². The average Bonchev–Trinajstić information content (AvgIpc) is 2.74. The molecule has 0 aromatic heterocycles. The van der Waals surface area contributed by atoms with Gasteiger partial charge in [-0.05, 0) is 43.3 Å². The molecule has 0 saturated heterocycles. The fraction of sp³-hybridized carbons (Fsp3) is 0.640. The summed E-state index contributed by atoms with van der Waals surface area (Å²) in [4.78, 5) is 23.9. The Bertz CT molecular complexity index is 712. The molecule has 2 amide bonds. The normalized spacial score (nSPS) is 10.6. The van der Waals surface area contributed by atoms with Crippen LogP contribution in [0.2, 0.25) is 5.02 Å². The van der Waals surface area contributed by atoms with Crippen molar-refractivity contribution in [1.29, 1.82) is 0 Å². The van der Waals surface area contributed by atoms with Crippen molar-refractivity contribution < 1.29 is 9.59 Å². The Labute approximate surface area is 204 Å². The fourth-order valence-corrected chi connectivity index (χ4v) is 3.83. The Kier molecular flexibility index (Phi) is 15.8. The molecule has 180 valence electrons. The number of carbonyl (C=O) groups is 2. The van der Waals surface area contributed by atoms with Crippen LogP contribution in [0.15, 0.2) is 18.2 Å². The highest BCUT2D eigenvalue weighted by Gasteiger charge is 2.09. The minimum absolute atomic E-state index is 0.0522. The van der Waals surface area contributed by atoms with Gasteiger partial charge in [0.2, 0.25) is 11.8 Å². The number of hydrogen-bond donors (Lipinski definition) is 3. The molecule has 1 aromatic carbocycles. The SMILES string of the molecule is CCCCCCCCCCCCCC(=O)NC(=S)Nc1cc(NC(=O)CCC)ccc1Cl. The summed E-state index contributed by atoms with van der Waals surface area (Å²) in [5.41, 5.74) is 1.17. The van der Waals surface area contributed by atoms with Gasteiger partial charge in [-0.25, -0.2) is 0 Å². The summed E-state index contributed by atoms with van der Waals surface area (Å²) in [7, 11) is 0. The lowest BCUT2D eigenvalue weighted by Gasteiger charge is -2.13. The van der Waals surface area contributed by atoms with Crippen molar-refractivity contribution in [3.05, 3.63) is 23.2 Å². The predicted molar refractivity (Wildman–Crippen MR) is 140 cm³/mol. The average molecular weight is 482 g/mol. The van der Waals surface area contributed by atoms with Gasteiger partial charge in [-0.1, -0.05) is 89.7 Å². The number of amides is 2. The maximum Gasteiger partial charge on any atom is 0.226 e. The summed E-state index contributed by atoms with van der Waals surface area (Å²) in [6.45, 7) is 4.20. The van der Waals surface area contributed by atoms with Gasteiger partial charge in [-0.15, -0.1) is 0 Å². The van der Waals surface area contributed by atoms with Crippen LogP contribution in [0.4, 0.5) is 11.4 Å². The Morgan fingerprint density at radius 1 is 0.781 bits per heavy atom. The monoisotopic (exact) mass is 481 g/mol. The second-order valence-corrected chi connectivity index (χ2v) is 9.10. The number of carbonyl (C=O) groups excluding carboxylic acids is 2.